The molecule has 7 heteroatoms. The van der Waals surface area contributed by atoms with Crippen molar-refractivity contribution < 1.29 is 8.42 Å². The Hall–Kier alpha value is -1.18. The Morgan fingerprint density at radius 2 is 2.05 bits per heavy atom. The Morgan fingerprint density at radius 3 is 2.75 bits per heavy atom. The summed E-state index contributed by atoms with van der Waals surface area (Å²) >= 11 is 0. The first-order chi connectivity index (χ1) is 9.46. The zero-order valence-corrected chi connectivity index (χ0v) is 12.3. The number of aromatic nitrogens is 1. The molecule has 0 spiro atoms. The summed E-state index contributed by atoms with van der Waals surface area (Å²) in [4.78, 5) is 13.8. The summed E-state index contributed by atoms with van der Waals surface area (Å²) in [5.41, 5.74) is -0.0347. The van der Waals surface area contributed by atoms with Gasteiger partial charge in [-0.3, -0.25) is 9.69 Å². The van der Waals surface area contributed by atoms with Gasteiger partial charge in [0.2, 0.25) is 10.0 Å². The fraction of sp³-hybridized carbons (Fsp3) is 0.615. The molecule has 0 saturated carbocycles. The monoisotopic (exact) mass is 299 g/mol. The maximum absolute atomic E-state index is 11.6. The average molecular weight is 299 g/mol. The first-order valence-electron chi connectivity index (χ1n) is 6.86. The highest BCUT2D eigenvalue weighted by Gasteiger charge is 2.25. The lowest BCUT2D eigenvalue weighted by Gasteiger charge is -2.35. The lowest BCUT2D eigenvalue weighted by molar-refractivity contribution is 0.156. The molecular weight excluding hydrogens is 278 g/mol. The minimum absolute atomic E-state index is 0.00329. The van der Waals surface area contributed by atoms with Crippen LogP contribution in [0.4, 0.5) is 0 Å². The number of likely N-dealkylation sites (tertiary alicyclic amines) is 1. The van der Waals surface area contributed by atoms with E-state index in [2.05, 4.69) is 4.90 Å². The molecule has 1 aromatic heterocycles. The standard InChI is InChI=1S/C13H21N3O3S/c14-20(18,19)11-12-5-1-3-7-15(12)9-10-16-8-4-2-6-13(16)17/h2,4,6,8,12H,1,3,5,7,9-11H2,(H2,14,18,19). The van der Waals surface area contributed by atoms with Crippen molar-refractivity contribution in [1.82, 2.24) is 9.47 Å². The van der Waals surface area contributed by atoms with E-state index in [1.165, 1.54) is 6.07 Å². The van der Waals surface area contributed by atoms with Crippen LogP contribution in [0.15, 0.2) is 29.2 Å². The second-order valence-electron chi connectivity index (χ2n) is 5.25. The summed E-state index contributed by atoms with van der Waals surface area (Å²) < 4.78 is 24.2. The van der Waals surface area contributed by atoms with E-state index in [9.17, 15) is 13.2 Å². The summed E-state index contributed by atoms with van der Waals surface area (Å²) in [5, 5.41) is 5.15. The van der Waals surface area contributed by atoms with Gasteiger partial charge in [0, 0.05) is 31.4 Å². The Kier molecular flexibility index (Phi) is 4.95. The van der Waals surface area contributed by atoms with Crippen LogP contribution in [-0.4, -0.2) is 42.8 Å². The van der Waals surface area contributed by atoms with Crippen molar-refractivity contribution >= 4 is 10.0 Å². The predicted molar refractivity (Wildman–Crippen MR) is 77.9 cm³/mol. The highest BCUT2D eigenvalue weighted by molar-refractivity contribution is 7.89. The molecule has 1 aromatic rings. The van der Waals surface area contributed by atoms with Crippen LogP contribution in [0.3, 0.4) is 0 Å². The molecule has 112 valence electrons. The molecular formula is C13H21N3O3S. The Labute approximate surface area is 119 Å². The van der Waals surface area contributed by atoms with Gasteiger partial charge in [0.25, 0.3) is 5.56 Å². The van der Waals surface area contributed by atoms with Gasteiger partial charge in [-0.15, -0.1) is 0 Å². The second kappa shape index (κ2) is 6.51. The number of pyridine rings is 1. The quantitative estimate of drug-likeness (QED) is 0.829. The molecule has 1 aliphatic rings. The van der Waals surface area contributed by atoms with Crippen molar-refractivity contribution in [2.24, 2.45) is 5.14 Å². The second-order valence-corrected chi connectivity index (χ2v) is 6.91. The Balaban J connectivity index is 1.99. The number of piperidine rings is 1. The summed E-state index contributed by atoms with van der Waals surface area (Å²) in [6.07, 6.45) is 4.69. The van der Waals surface area contributed by atoms with Gasteiger partial charge >= 0.3 is 0 Å². The summed E-state index contributed by atoms with van der Waals surface area (Å²) in [5.74, 6) is -0.00329. The molecule has 0 bridgehead atoms. The van der Waals surface area contributed by atoms with Gasteiger partial charge in [0.05, 0.1) is 5.75 Å². The van der Waals surface area contributed by atoms with Crippen molar-refractivity contribution in [2.45, 2.75) is 31.8 Å². The first-order valence-corrected chi connectivity index (χ1v) is 8.57. The number of primary sulfonamides is 1. The average Bonchev–Trinajstić information content (AvgIpc) is 2.37. The third-order valence-corrected chi connectivity index (χ3v) is 4.55. The van der Waals surface area contributed by atoms with Gasteiger partial charge in [-0.1, -0.05) is 12.5 Å². The highest BCUT2D eigenvalue weighted by atomic mass is 32.2. The number of nitrogens with two attached hydrogens (primary N) is 1. The van der Waals surface area contributed by atoms with Crippen molar-refractivity contribution in [3.8, 4) is 0 Å². The van der Waals surface area contributed by atoms with E-state index in [-0.39, 0.29) is 17.4 Å². The molecule has 0 aromatic carbocycles. The van der Waals surface area contributed by atoms with E-state index >= 15 is 0 Å². The third-order valence-electron chi connectivity index (χ3n) is 3.70. The molecule has 0 radical (unpaired) electrons. The van der Waals surface area contributed by atoms with Crippen LogP contribution in [0.2, 0.25) is 0 Å². The lowest BCUT2D eigenvalue weighted by Crippen LogP contribution is -2.46. The van der Waals surface area contributed by atoms with Crippen LogP contribution >= 0.6 is 0 Å². The molecule has 6 nitrogen and oxygen atoms in total. The number of rotatable bonds is 5. The number of nitrogens with zero attached hydrogens (tertiary/aromatic N) is 2. The molecule has 20 heavy (non-hydrogen) atoms. The number of hydrogen-bond donors (Lipinski definition) is 1. The van der Waals surface area contributed by atoms with Gasteiger partial charge in [-0.05, 0) is 25.5 Å². The predicted octanol–water partition coefficient (Wildman–Crippen LogP) is -0.00870. The van der Waals surface area contributed by atoms with Crippen molar-refractivity contribution in [2.75, 3.05) is 18.8 Å². The van der Waals surface area contributed by atoms with Crippen LogP contribution in [0.5, 0.6) is 0 Å². The smallest absolute Gasteiger partial charge is 0.250 e. The van der Waals surface area contributed by atoms with Crippen LogP contribution in [-0.2, 0) is 16.6 Å². The maximum Gasteiger partial charge on any atom is 0.250 e. The van der Waals surface area contributed by atoms with E-state index in [4.69, 9.17) is 5.14 Å². The molecule has 0 amide bonds. The van der Waals surface area contributed by atoms with Crippen LogP contribution in [0.25, 0.3) is 0 Å². The lowest BCUT2D eigenvalue weighted by atomic mass is 10.0. The van der Waals surface area contributed by atoms with E-state index in [0.29, 0.717) is 13.1 Å². The fourth-order valence-corrected chi connectivity index (χ4v) is 3.61. The molecule has 2 N–H and O–H groups in total. The SMILES string of the molecule is NS(=O)(=O)CC1CCCCN1CCn1ccccc1=O. The Morgan fingerprint density at radius 1 is 1.25 bits per heavy atom. The fourth-order valence-electron chi connectivity index (χ4n) is 2.69. The van der Waals surface area contributed by atoms with E-state index < -0.39 is 10.0 Å². The molecule has 1 aliphatic heterocycles. The minimum Gasteiger partial charge on any atom is -0.314 e. The van der Waals surface area contributed by atoms with Gasteiger partial charge in [0.15, 0.2) is 0 Å². The van der Waals surface area contributed by atoms with E-state index in [0.717, 1.165) is 25.8 Å². The van der Waals surface area contributed by atoms with Crippen LogP contribution in [0, 0.1) is 0 Å². The van der Waals surface area contributed by atoms with Crippen LogP contribution in [0.1, 0.15) is 19.3 Å². The topological polar surface area (TPSA) is 85.4 Å². The molecule has 2 rings (SSSR count). The zero-order chi connectivity index (χ0) is 14.6. The zero-order valence-electron chi connectivity index (χ0n) is 11.4. The van der Waals surface area contributed by atoms with Crippen molar-refractivity contribution in [3.05, 3.63) is 34.7 Å². The summed E-state index contributed by atoms with van der Waals surface area (Å²) in [6.45, 7) is 2.10. The largest absolute Gasteiger partial charge is 0.314 e. The van der Waals surface area contributed by atoms with Gasteiger partial charge in [-0.25, -0.2) is 13.6 Å². The Bertz CT molecular complexity index is 597. The molecule has 2 heterocycles. The highest BCUT2D eigenvalue weighted by Crippen LogP contribution is 2.17. The number of sulfonamides is 1. The molecule has 1 fully saturated rings. The molecule has 1 saturated heterocycles. The normalized spacial score (nSPS) is 20.9. The molecule has 1 unspecified atom stereocenters. The van der Waals surface area contributed by atoms with E-state index in [1.807, 2.05) is 6.07 Å². The molecule has 1 atom stereocenters. The van der Waals surface area contributed by atoms with E-state index in [1.54, 1.807) is 16.8 Å². The first kappa shape index (κ1) is 15.2. The minimum atomic E-state index is -3.46. The molecule has 0 aliphatic carbocycles. The van der Waals surface area contributed by atoms with Crippen molar-refractivity contribution in [3.63, 3.8) is 0 Å². The third kappa shape index (κ3) is 4.43. The number of hydrogen-bond acceptors (Lipinski definition) is 4. The summed E-state index contributed by atoms with van der Waals surface area (Å²) in [7, 11) is -3.46. The summed E-state index contributed by atoms with van der Waals surface area (Å²) in [6, 6.07) is 5.03. The van der Waals surface area contributed by atoms with Crippen LogP contribution < -0.4 is 10.7 Å². The van der Waals surface area contributed by atoms with Gasteiger partial charge < -0.3 is 4.57 Å². The maximum atomic E-state index is 11.6. The van der Waals surface area contributed by atoms with Gasteiger partial charge in [-0.2, -0.15) is 0 Å². The van der Waals surface area contributed by atoms with Crippen molar-refractivity contribution in [1.29, 1.82) is 0 Å². The van der Waals surface area contributed by atoms with Gasteiger partial charge in [0.1, 0.15) is 0 Å².